The number of likely N-dealkylation sites (tertiary alicyclic amines) is 1. The van der Waals surface area contributed by atoms with Crippen LogP contribution in [0, 0.1) is 5.82 Å². The molecule has 0 radical (unpaired) electrons. The zero-order valence-corrected chi connectivity index (χ0v) is 14.4. The van der Waals surface area contributed by atoms with Gasteiger partial charge < -0.3 is 4.74 Å². The van der Waals surface area contributed by atoms with E-state index in [1.807, 2.05) is 0 Å². The molecule has 0 aromatic heterocycles. The normalized spacial score (nSPS) is 18.7. The first-order valence-electron chi connectivity index (χ1n) is 7.13. The Morgan fingerprint density at radius 3 is 2.73 bits per heavy atom. The summed E-state index contributed by atoms with van der Waals surface area (Å²) in [6.07, 6.45) is 0.202. The van der Waals surface area contributed by atoms with E-state index in [9.17, 15) is 14.0 Å². The molecule has 6 heteroatoms. The molecule has 4 nitrogen and oxygen atoms in total. The van der Waals surface area contributed by atoms with Crippen molar-refractivity contribution >= 4 is 27.8 Å². The Hall–Kier alpha value is -1.43. The van der Waals surface area contributed by atoms with E-state index in [1.165, 1.54) is 11.0 Å². The number of amides is 1. The Labute approximate surface area is 137 Å². The minimum absolute atomic E-state index is 0.00584. The number of ether oxygens (including phenoxy) is 1. The highest BCUT2D eigenvalue weighted by molar-refractivity contribution is 9.10. The minimum atomic E-state index is -0.605. The smallest absolute Gasteiger partial charge is 0.410 e. The van der Waals surface area contributed by atoms with Gasteiger partial charge in [0.25, 0.3) is 0 Å². The summed E-state index contributed by atoms with van der Waals surface area (Å²) in [6.45, 7) is 5.72. The van der Waals surface area contributed by atoms with Crippen molar-refractivity contribution in [3.8, 4) is 0 Å². The standard InChI is InChI=1S/C16H19BrFNO3/c1-16(2,3)22-15(21)19-7-6-14(20)13(19)9-10-4-5-12(18)11(17)8-10/h4-5,8,13H,6-7,9H2,1-3H3. The van der Waals surface area contributed by atoms with Gasteiger partial charge in [0.05, 0.1) is 10.5 Å². The highest BCUT2D eigenvalue weighted by Crippen LogP contribution is 2.24. The Balaban J connectivity index is 2.14. The summed E-state index contributed by atoms with van der Waals surface area (Å²) in [5, 5.41) is 0. The molecule has 0 N–H and O–H groups in total. The van der Waals surface area contributed by atoms with Gasteiger partial charge in [0.1, 0.15) is 11.4 Å². The second-order valence-corrected chi connectivity index (χ2v) is 7.21. The number of hydrogen-bond donors (Lipinski definition) is 0. The summed E-state index contributed by atoms with van der Waals surface area (Å²) in [5.74, 6) is -0.350. The van der Waals surface area contributed by atoms with Gasteiger partial charge >= 0.3 is 6.09 Å². The van der Waals surface area contributed by atoms with Crippen LogP contribution in [0.25, 0.3) is 0 Å². The van der Waals surface area contributed by atoms with Crippen molar-refractivity contribution in [1.29, 1.82) is 0 Å². The van der Waals surface area contributed by atoms with Crippen molar-refractivity contribution < 1.29 is 18.7 Å². The first-order valence-corrected chi connectivity index (χ1v) is 7.93. The molecule has 1 aromatic carbocycles. The summed E-state index contributed by atoms with van der Waals surface area (Å²) in [5.41, 5.74) is 0.189. The van der Waals surface area contributed by atoms with E-state index in [2.05, 4.69) is 15.9 Å². The van der Waals surface area contributed by atoms with Gasteiger partial charge in [0, 0.05) is 19.4 Å². The van der Waals surface area contributed by atoms with E-state index in [-0.39, 0.29) is 11.6 Å². The topological polar surface area (TPSA) is 46.6 Å². The quantitative estimate of drug-likeness (QED) is 0.795. The summed E-state index contributed by atoms with van der Waals surface area (Å²) < 4.78 is 19.0. The van der Waals surface area contributed by atoms with E-state index in [1.54, 1.807) is 32.9 Å². The molecule has 1 aliphatic heterocycles. The van der Waals surface area contributed by atoms with Gasteiger partial charge in [-0.05, 0) is 54.4 Å². The molecule has 0 bridgehead atoms. The number of rotatable bonds is 2. The van der Waals surface area contributed by atoms with Gasteiger partial charge in [-0.3, -0.25) is 9.69 Å². The predicted octanol–water partition coefficient (Wildman–Crippen LogP) is 3.71. The fraction of sp³-hybridized carbons (Fsp3) is 0.500. The van der Waals surface area contributed by atoms with E-state index in [4.69, 9.17) is 4.74 Å². The predicted molar refractivity (Wildman–Crippen MR) is 84.2 cm³/mol. The summed E-state index contributed by atoms with van der Waals surface area (Å²) in [6, 6.07) is 4.05. The van der Waals surface area contributed by atoms with Crippen LogP contribution in [0.3, 0.4) is 0 Å². The van der Waals surface area contributed by atoms with E-state index < -0.39 is 17.7 Å². The van der Waals surface area contributed by atoms with Crippen LogP contribution in [-0.4, -0.2) is 35.0 Å². The van der Waals surface area contributed by atoms with E-state index in [0.717, 1.165) is 5.56 Å². The Bertz CT molecular complexity index is 598. The summed E-state index contributed by atoms with van der Waals surface area (Å²) in [4.78, 5) is 25.7. The van der Waals surface area contributed by atoms with Gasteiger partial charge in [-0.1, -0.05) is 6.07 Å². The third-order valence-corrected chi connectivity index (χ3v) is 4.00. The molecule has 1 fully saturated rings. The molecular weight excluding hydrogens is 353 g/mol. The van der Waals surface area contributed by atoms with Crippen molar-refractivity contribution in [3.63, 3.8) is 0 Å². The van der Waals surface area contributed by atoms with Gasteiger partial charge in [-0.2, -0.15) is 0 Å². The second kappa shape index (κ2) is 6.36. The van der Waals surface area contributed by atoms with Crippen molar-refractivity contribution in [2.24, 2.45) is 0 Å². The summed E-state index contributed by atoms with van der Waals surface area (Å²) in [7, 11) is 0. The van der Waals surface area contributed by atoms with Gasteiger partial charge in [0.15, 0.2) is 5.78 Å². The monoisotopic (exact) mass is 371 g/mol. The molecule has 22 heavy (non-hydrogen) atoms. The summed E-state index contributed by atoms with van der Waals surface area (Å²) >= 11 is 3.13. The Morgan fingerprint density at radius 1 is 1.45 bits per heavy atom. The minimum Gasteiger partial charge on any atom is -0.444 e. The number of halogens is 2. The highest BCUT2D eigenvalue weighted by atomic mass is 79.9. The molecule has 1 aliphatic rings. The van der Waals surface area contributed by atoms with Gasteiger partial charge in [-0.25, -0.2) is 9.18 Å². The van der Waals surface area contributed by atoms with E-state index >= 15 is 0 Å². The average Bonchev–Trinajstić information content (AvgIpc) is 2.74. The first kappa shape index (κ1) is 16.9. The number of hydrogen-bond acceptors (Lipinski definition) is 3. The molecule has 2 rings (SSSR count). The fourth-order valence-electron chi connectivity index (χ4n) is 2.38. The molecule has 1 unspecified atom stereocenters. The Kier molecular flexibility index (Phi) is 4.90. The van der Waals surface area contributed by atoms with Crippen LogP contribution in [-0.2, 0) is 16.0 Å². The Morgan fingerprint density at radius 2 is 2.14 bits per heavy atom. The second-order valence-electron chi connectivity index (χ2n) is 6.36. The maximum Gasteiger partial charge on any atom is 0.410 e. The molecule has 0 spiro atoms. The average molecular weight is 372 g/mol. The largest absolute Gasteiger partial charge is 0.444 e. The van der Waals surface area contributed by atoms with Crippen molar-refractivity contribution in [3.05, 3.63) is 34.1 Å². The van der Waals surface area contributed by atoms with Crippen molar-refractivity contribution in [2.75, 3.05) is 6.54 Å². The maximum absolute atomic E-state index is 13.3. The molecular formula is C16H19BrFNO3. The van der Waals surface area contributed by atoms with Gasteiger partial charge in [-0.15, -0.1) is 0 Å². The van der Waals surface area contributed by atoms with Crippen molar-refractivity contribution in [1.82, 2.24) is 4.90 Å². The van der Waals surface area contributed by atoms with Crippen LogP contribution in [0.1, 0.15) is 32.8 Å². The third kappa shape index (κ3) is 4.06. The molecule has 1 atom stereocenters. The maximum atomic E-state index is 13.3. The van der Waals surface area contributed by atoms with E-state index in [0.29, 0.717) is 23.9 Å². The molecule has 0 aliphatic carbocycles. The van der Waals surface area contributed by atoms with Crippen LogP contribution >= 0.6 is 15.9 Å². The van der Waals surface area contributed by atoms with Crippen LogP contribution in [0.15, 0.2) is 22.7 Å². The number of ketones is 1. The lowest BCUT2D eigenvalue weighted by atomic mass is 10.0. The SMILES string of the molecule is CC(C)(C)OC(=O)N1CCC(=O)C1Cc1ccc(F)c(Br)c1. The number of nitrogens with zero attached hydrogens (tertiary/aromatic N) is 1. The molecule has 1 saturated heterocycles. The lowest BCUT2D eigenvalue weighted by Gasteiger charge is -2.28. The van der Waals surface area contributed by atoms with Crippen LogP contribution < -0.4 is 0 Å². The number of benzene rings is 1. The number of Topliss-reactive ketones (excluding diaryl/α,β-unsaturated/α-hetero) is 1. The molecule has 1 aromatic rings. The zero-order chi connectivity index (χ0) is 16.5. The zero-order valence-electron chi connectivity index (χ0n) is 12.9. The van der Waals surface area contributed by atoms with Crippen LogP contribution in [0.2, 0.25) is 0 Å². The number of carbonyl (C=O) groups excluding carboxylic acids is 2. The highest BCUT2D eigenvalue weighted by Gasteiger charge is 2.37. The third-order valence-electron chi connectivity index (χ3n) is 3.39. The lowest BCUT2D eigenvalue weighted by molar-refractivity contribution is -0.119. The molecule has 1 amide bonds. The lowest BCUT2D eigenvalue weighted by Crippen LogP contribution is -2.42. The molecule has 1 heterocycles. The van der Waals surface area contributed by atoms with Gasteiger partial charge in [0.2, 0.25) is 0 Å². The van der Waals surface area contributed by atoms with Crippen LogP contribution in [0.4, 0.5) is 9.18 Å². The molecule has 120 valence electrons. The van der Waals surface area contributed by atoms with Crippen LogP contribution in [0.5, 0.6) is 0 Å². The first-order chi connectivity index (χ1) is 10.2. The van der Waals surface area contributed by atoms with Crippen molar-refractivity contribution in [2.45, 2.75) is 45.3 Å². The number of carbonyl (C=O) groups is 2. The molecule has 0 saturated carbocycles. The fourth-order valence-corrected chi connectivity index (χ4v) is 2.81.